The van der Waals surface area contributed by atoms with Crippen LogP contribution in [0.1, 0.15) is 16.6 Å². The molecule has 2 amide bonds. The number of halogens is 1. The Morgan fingerprint density at radius 2 is 2.11 bits per heavy atom. The van der Waals surface area contributed by atoms with Crippen LogP contribution in [0.5, 0.6) is 0 Å². The van der Waals surface area contributed by atoms with Crippen molar-refractivity contribution in [3.05, 3.63) is 20.8 Å². The van der Waals surface area contributed by atoms with E-state index in [-0.39, 0.29) is 25.0 Å². The van der Waals surface area contributed by atoms with E-state index in [2.05, 4.69) is 15.9 Å². The Kier molecular flexibility index (Phi) is 6.47. The fourth-order valence-electron chi connectivity index (χ4n) is 1.57. The zero-order valence-electron chi connectivity index (χ0n) is 10.9. The summed E-state index contributed by atoms with van der Waals surface area (Å²) in [6.45, 7) is 2.59. The molecule has 0 radical (unpaired) electrons. The number of carbonyl (C=O) groups is 2. The average Bonchev–Trinajstić information content (AvgIpc) is 2.81. The van der Waals surface area contributed by atoms with Crippen LogP contribution in [0, 0.1) is 0 Å². The number of thiophene rings is 1. The Labute approximate surface area is 124 Å². The molecule has 1 heterocycles. The summed E-state index contributed by atoms with van der Waals surface area (Å²) in [5.74, 6) is -0.341. The third kappa shape index (κ3) is 4.59. The maximum Gasteiger partial charge on any atom is 0.264 e. The molecule has 106 valence electrons. The molecule has 0 saturated carbocycles. The number of nitrogens with zero attached hydrogens (tertiary/aromatic N) is 2. The molecule has 1 aromatic heterocycles. The van der Waals surface area contributed by atoms with Gasteiger partial charge in [0.05, 0.1) is 21.8 Å². The van der Waals surface area contributed by atoms with Crippen molar-refractivity contribution in [1.29, 1.82) is 0 Å². The number of hydrogen-bond acceptors (Lipinski definition) is 4. The van der Waals surface area contributed by atoms with Gasteiger partial charge in [0.2, 0.25) is 5.91 Å². The van der Waals surface area contributed by atoms with Gasteiger partial charge >= 0.3 is 0 Å². The van der Waals surface area contributed by atoms with Crippen molar-refractivity contribution in [2.75, 3.05) is 33.3 Å². The standard InChI is InChI=1S/C12H17BrN2O3S/c1-3-15(6-7-16)11(17)8-14(2)12(18)9-4-5-10(13)19-9/h4-5,16H,3,6-8H2,1-2H3. The van der Waals surface area contributed by atoms with E-state index in [1.807, 2.05) is 6.92 Å². The van der Waals surface area contributed by atoms with E-state index >= 15 is 0 Å². The van der Waals surface area contributed by atoms with Gasteiger partial charge in [-0.3, -0.25) is 9.59 Å². The number of amides is 2. The highest BCUT2D eigenvalue weighted by molar-refractivity contribution is 9.11. The fraction of sp³-hybridized carbons (Fsp3) is 0.500. The summed E-state index contributed by atoms with van der Waals surface area (Å²) < 4.78 is 0.881. The molecule has 0 aromatic carbocycles. The number of hydrogen-bond donors (Lipinski definition) is 1. The molecular formula is C12H17BrN2O3S. The molecule has 1 aromatic rings. The van der Waals surface area contributed by atoms with Crippen molar-refractivity contribution in [2.24, 2.45) is 0 Å². The lowest BCUT2D eigenvalue weighted by Gasteiger charge is -2.23. The van der Waals surface area contributed by atoms with Gasteiger partial charge in [-0.2, -0.15) is 0 Å². The second kappa shape index (κ2) is 7.62. The van der Waals surface area contributed by atoms with E-state index in [1.165, 1.54) is 21.1 Å². The van der Waals surface area contributed by atoms with Gasteiger partial charge in [0.15, 0.2) is 0 Å². The average molecular weight is 349 g/mol. The van der Waals surface area contributed by atoms with Gasteiger partial charge < -0.3 is 14.9 Å². The number of likely N-dealkylation sites (N-methyl/N-ethyl adjacent to an activating group) is 2. The summed E-state index contributed by atoms with van der Waals surface area (Å²) in [4.78, 5) is 27.5. The lowest BCUT2D eigenvalue weighted by atomic mass is 10.3. The molecule has 0 atom stereocenters. The summed E-state index contributed by atoms with van der Waals surface area (Å²) >= 11 is 4.64. The molecule has 0 bridgehead atoms. The smallest absolute Gasteiger partial charge is 0.264 e. The Balaban J connectivity index is 2.61. The van der Waals surface area contributed by atoms with Gasteiger partial charge in [0.25, 0.3) is 5.91 Å². The SMILES string of the molecule is CCN(CCO)C(=O)CN(C)C(=O)c1ccc(Br)s1. The van der Waals surface area contributed by atoms with E-state index < -0.39 is 0 Å². The van der Waals surface area contributed by atoms with E-state index in [4.69, 9.17) is 5.11 Å². The van der Waals surface area contributed by atoms with Crippen LogP contribution >= 0.6 is 27.3 Å². The third-order valence-corrected chi connectivity index (χ3v) is 4.22. The topological polar surface area (TPSA) is 60.9 Å². The summed E-state index contributed by atoms with van der Waals surface area (Å²) in [5.41, 5.74) is 0. The summed E-state index contributed by atoms with van der Waals surface area (Å²) in [5, 5.41) is 8.86. The first kappa shape index (κ1) is 16.1. The van der Waals surface area contributed by atoms with Crippen molar-refractivity contribution < 1.29 is 14.7 Å². The largest absolute Gasteiger partial charge is 0.395 e. The van der Waals surface area contributed by atoms with Crippen molar-refractivity contribution in [1.82, 2.24) is 9.80 Å². The minimum Gasteiger partial charge on any atom is -0.395 e. The van der Waals surface area contributed by atoms with Crippen LogP contribution in [-0.4, -0.2) is 60.0 Å². The zero-order chi connectivity index (χ0) is 14.4. The van der Waals surface area contributed by atoms with Gasteiger partial charge in [-0.25, -0.2) is 0 Å². The van der Waals surface area contributed by atoms with Crippen LogP contribution < -0.4 is 0 Å². The van der Waals surface area contributed by atoms with Crippen molar-refractivity contribution >= 4 is 39.1 Å². The zero-order valence-corrected chi connectivity index (χ0v) is 13.3. The van der Waals surface area contributed by atoms with Gasteiger partial charge in [0.1, 0.15) is 0 Å². The maximum absolute atomic E-state index is 12.1. The van der Waals surface area contributed by atoms with E-state index in [1.54, 1.807) is 19.2 Å². The minimum atomic E-state index is -0.177. The molecule has 1 N–H and O–H groups in total. The molecular weight excluding hydrogens is 332 g/mol. The normalized spacial score (nSPS) is 10.3. The fourth-order valence-corrected chi connectivity index (χ4v) is 2.95. The molecule has 0 aliphatic carbocycles. The number of rotatable bonds is 6. The first-order valence-electron chi connectivity index (χ1n) is 5.89. The lowest BCUT2D eigenvalue weighted by Crippen LogP contribution is -2.42. The predicted molar refractivity (Wildman–Crippen MR) is 78.3 cm³/mol. The molecule has 0 aliphatic heterocycles. The Morgan fingerprint density at radius 3 is 2.58 bits per heavy atom. The van der Waals surface area contributed by atoms with Crippen molar-refractivity contribution in [3.8, 4) is 0 Å². The second-order valence-electron chi connectivity index (χ2n) is 3.96. The molecule has 1 rings (SSSR count). The van der Waals surface area contributed by atoms with Crippen LogP contribution in [0.3, 0.4) is 0 Å². The Morgan fingerprint density at radius 1 is 1.42 bits per heavy atom. The van der Waals surface area contributed by atoms with Crippen LogP contribution in [0.4, 0.5) is 0 Å². The number of aliphatic hydroxyl groups excluding tert-OH is 1. The molecule has 19 heavy (non-hydrogen) atoms. The number of aliphatic hydroxyl groups is 1. The molecule has 7 heteroatoms. The van der Waals surface area contributed by atoms with Crippen molar-refractivity contribution in [3.63, 3.8) is 0 Å². The highest BCUT2D eigenvalue weighted by atomic mass is 79.9. The summed E-state index contributed by atoms with van der Waals surface area (Å²) in [7, 11) is 1.60. The quantitative estimate of drug-likeness (QED) is 0.845. The first-order chi connectivity index (χ1) is 8.99. The van der Waals surface area contributed by atoms with Gasteiger partial charge in [0, 0.05) is 20.1 Å². The third-order valence-electron chi connectivity index (χ3n) is 2.61. The first-order valence-corrected chi connectivity index (χ1v) is 7.50. The summed E-state index contributed by atoms with van der Waals surface area (Å²) in [6.07, 6.45) is 0. The highest BCUT2D eigenvalue weighted by Crippen LogP contribution is 2.22. The molecule has 0 saturated heterocycles. The Hall–Kier alpha value is -0.920. The number of carbonyl (C=O) groups excluding carboxylic acids is 2. The van der Waals surface area contributed by atoms with Crippen LogP contribution in [0.2, 0.25) is 0 Å². The van der Waals surface area contributed by atoms with Gasteiger partial charge in [-0.05, 0) is 35.0 Å². The lowest BCUT2D eigenvalue weighted by molar-refractivity contribution is -0.131. The van der Waals surface area contributed by atoms with E-state index in [9.17, 15) is 9.59 Å². The van der Waals surface area contributed by atoms with E-state index in [0.717, 1.165) is 3.79 Å². The van der Waals surface area contributed by atoms with Crippen molar-refractivity contribution in [2.45, 2.75) is 6.92 Å². The predicted octanol–water partition coefficient (Wildman–Crippen LogP) is 1.42. The minimum absolute atomic E-state index is 0.0161. The molecule has 0 aliphatic rings. The van der Waals surface area contributed by atoms with E-state index in [0.29, 0.717) is 18.0 Å². The monoisotopic (exact) mass is 348 g/mol. The Bertz CT molecular complexity index is 450. The van der Waals surface area contributed by atoms with Gasteiger partial charge in [-0.1, -0.05) is 0 Å². The summed E-state index contributed by atoms with van der Waals surface area (Å²) in [6, 6.07) is 3.53. The van der Waals surface area contributed by atoms with Gasteiger partial charge in [-0.15, -0.1) is 11.3 Å². The molecule has 0 fully saturated rings. The molecule has 0 unspecified atom stereocenters. The van der Waals surface area contributed by atoms with Crippen LogP contribution in [0.25, 0.3) is 0 Å². The molecule has 0 spiro atoms. The molecule has 5 nitrogen and oxygen atoms in total. The maximum atomic E-state index is 12.1. The van der Waals surface area contributed by atoms with Crippen LogP contribution in [0.15, 0.2) is 15.9 Å². The van der Waals surface area contributed by atoms with Crippen LogP contribution in [-0.2, 0) is 4.79 Å². The second-order valence-corrected chi connectivity index (χ2v) is 6.43. The highest BCUT2D eigenvalue weighted by Gasteiger charge is 2.19.